The lowest BCUT2D eigenvalue weighted by atomic mass is 9.43. The van der Waals surface area contributed by atoms with Crippen LogP contribution in [0.5, 0.6) is 0 Å². The highest BCUT2D eigenvalue weighted by atomic mass is 15.1. The van der Waals surface area contributed by atoms with E-state index in [2.05, 4.69) is 205 Å². The van der Waals surface area contributed by atoms with Crippen molar-refractivity contribution in [3.8, 4) is 55.6 Å². The molecule has 13 rings (SSSR count). The van der Waals surface area contributed by atoms with Gasteiger partial charge in [-0.25, -0.2) is 0 Å². The molecule has 0 radical (unpaired) electrons. The number of para-hydroxylation sites is 1. The number of hydrogen-bond donors (Lipinski definition) is 0. The molecule has 0 N–H and O–H groups in total. The van der Waals surface area contributed by atoms with Crippen LogP contribution in [0, 0.1) is 23.7 Å². The van der Waals surface area contributed by atoms with Gasteiger partial charge < -0.3 is 4.90 Å². The van der Waals surface area contributed by atoms with Gasteiger partial charge in [0.15, 0.2) is 0 Å². The summed E-state index contributed by atoms with van der Waals surface area (Å²) in [6.07, 6.45) is 7.13. The van der Waals surface area contributed by atoms with Gasteiger partial charge in [-0.15, -0.1) is 0 Å². The minimum absolute atomic E-state index is 0.191. The van der Waals surface area contributed by atoms with Gasteiger partial charge in [0.25, 0.3) is 0 Å². The number of nitrogens with zero attached hydrogens (tertiary/aromatic N) is 1. The van der Waals surface area contributed by atoms with Crippen LogP contribution in [-0.4, -0.2) is 0 Å². The summed E-state index contributed by atoms with van der Waals surface area (Å²) in [5.74, 6) is 3.45. The zero-order valence-corrected chi connectivity index (χ0v) is 33.3. The molecule has 0 aromatic heterocycles. The topological polar surface area (TPSA) is 3.24 Å². The van der Waals surface area contributed by atoms with Crippen molar-refractivity contribution in [3.63, 3.8) is 0 Å². The molecule has 0 heterocycles. The molecule has 5 aliphatic rings. The van der Waals surface area contributed by atoms with Gasteiger partial charge >= 0.3 is 0 Å². The van der Waals surface area contributed by atoms with Gasteiger partial charge in [0.05, 0.1) is 5.69 Å². The zero-order chi connectivity index (χ0) is 38.9. The van der Waals surface area contributed by atoms with Crippen LogP contribution < -0.4 is 4.90 Å². The highest BCUT2D eigenvalue weighted by Crippen LogP contribution is 2.70. The van der Waals surface area contributed by atoms with Crippen molar-refractivity contribution in [2.45, 2.75) is 37.5 Å². The number of fused-ring (bicyclic) bond motifs is 3. The smallest absolute Gasteiger partial charge is 0.0540 e. The van der Waals surface area contributed by atoms with Gasteiger partial charge in [-0.2, -0.15) is 0 Å². The maximum absolute atomic E-state index is 2.51. The van der Waals surface area contributed by atoms with E-state index in [4.69, 9.17) is 0 Å². The van der Waals surface area contributed by atoms with Crippen molar-refractivity contribution < 1.29 is 0 Å². The molecule has 0 atom stereocenters. The Labute approximate surface area is 348 Å². The molecule has 4 bridgehead atoms. The second-order valence-electron chi connectivity index (χ2n) is 17.7. The lowest BCUT2D eigenvalue weighted by Crippen LogP contribution is -2.55. The van der Waals surface area contributed by atoms with Crippen LogP contribution in [0.15, 0.2) is 200 Å². The lowest BCUT2D eigenvalue weighted by molar-refractivity contribution is -0.0399. The minimum atomic E-state index is 0.191. The molecule has 0 amide bonds. The summed E-state index contributed by atoms with van der Waals surface area (Å²) in [4.78, 5) is 2.40. The first-order valence-corrected chi connectivity index (χ1v) is 21.8. The van der Waals surface area contributed by atoms with Crippen LogP contribution in [0.3, 0.4) is 0 Å². The van der Waals surface area contributed by atoms with E-state index in [1.165, 1.54) is 87.7 Å². The Morgan fingerprint density at radius 2 is 0.746 bits per heavy atom. The molecule has 0 aliphatic heterocycles. The van der Waals surface area contributed by atoms with E-state index in [9.17, 15) is 0 Å². The molecular weight excluding hydrogens is 711 g/mol. The molecule has 59 heavy (non-hydrogen) atoms. The Morgan fingerprint density at radius 3 is 1.36 bits per heavy atom. The number of anilines is 3. The van der Waals surface area contributed by atoms with E-state index in [1.807, 2.05) is 0 Å². The molecule has 8 aromatic carbocycles. The average molecular weight is 758 g/mol. The van der Waals surface area contributed by atoms with Crippen molar-refractivity contribution in [1.29, 1.82) is 0 Å². The minimum Gasteiger partial charge on any atom is -0.310 e. The first kappa shape index (κ1) is 34.6. The highest BCUT2D eigenvalue weighted by molar-refractivity contribution is 5.94. The molecule has 1 nitrogen and oxygen atoms in total. The Kier molecular flexibility index (Phi) is 8.12. The molecule has 4 saturated carbocycles. The van der Waals surface area contributed by atoms with Crippen molar-refractivity contribution >= 4 is 17.1 Å². The van der Waals surface area contributed by atoms with E-state index in [0.29, 0.717) is 0 Å². The molecule has 0 unspecified atom stereocenters. The largest absolute Gasteiger partial charge is 0.310 e. The standard InChI is InChI=1S/C58H47N/c1-3-12-41(13-4-1)43-26-30-49(31-27-43)59(56-21-10-8-16-51(56)45-14-5-2-6-15-45)50-32-28-44(29-33-50)42-22-24-46(25-23-42)52-18-11-20-55-57(52)53-17-7-9-19-54(53)58(55)47-35-39-34-40(37-47)38-48(58)36-39/h1-33,39-40,47-48H,34-38H2. The van der Waals surface area contributed by atoms with Crippen LogP contribution in [0.4, 0.5) is 17.1 Å². The third-order valence-electron chi connectivity index (χ3n) is 14.7. The van der Waals surface area contributed by atoms with Crippen LogP contribution in [0.1, 0.15) is 43.2 Å². The first-order valence-electron chi connectivity index (χ1n) is 21.8. The maximum Gasteiger partial charge on any atom is 0.0540 e. The molecule has 1 heteroatoms. The van der Waals surface area contributed by atoms with Crippen molar-refractivity contribution in [3.05, 3.63) is 211 Å². The van der Waals surface area contributed by atoms with Crippen molar-refractivity contribution in [1.82, 2.24) is 0 Å². The Bertz CT molecular complexity index is 2770. The predicted molar refractivity (Wildman–Crippen MR) is 246 cm³/mol. The molecular formula is C58H47N. The summed E-state index contributed by atoms with van der Waals surface area (Å²) in [6, 6.07) is 74.3. The predicted octanol–water partition coefficient (Wildman–Crippen LogP) is 15.5. The van der Waals surface area contributed by atoms with Gasteiger partial charge in [-0.05, 0) is 147 Å². The average Bonchev–Trinajstić information content (AvgIpc) is 3.60. The van der Waals surface area contributed by atoms with Gasteiger partial charge in [-0.1, -0.05) is 170 Å². The maximum atomic E-state index is 2.51. The molecule has 284 valence electrons. The summed E-state index contributed by atoms with van der Waals surface area (Å²) < 4.78 is 0. The summed E-state index contributed by atoms with van der Waals surface area (Å²) >= 11 is 0. The monoisotopic (exact) mass is 757 g/mol. The van der Waals surface area contributed by atoms with Crippen LogP contribution in [0.25, 0.3) is 55.6 Å². The fraction of sp³-hybridized carbons (Fsp3) is 0.172. The van der Waals surface area contributed by atoms with E-state index >= 15 is 0 Å². The van der Waals surface area contributed by atoms with Crippen LogP contribution >= 0.6 is 0 Å². The Hall–Kier alpha value is -6.44. The molecule has 8 aromatic rings. The molecule has 1 spiro atoms. The molecule has 4 fully saturated rings. The second-order valence-corrected chi connectivity index (χ2v) is 17.7. The Balaban J connectivity index is 0.896. The summed E-state index contributed by atoms with van der Waals surface area (Å²) in [5, 5.41) is 0. The zero-order valence-electron chi connectivity index (χ0n) is 33.3. The van der Waals surface area contributed by atoms with Gasteiger partial charge in [0, 0.05) is 22.4 Å². The first-order chi connectivity index (χ1) is 29.2. The number of rotatable bonds is 7. The number of benzene rings is 8. The van der Waals surface area contributed by atoms with Gasteiger partial charge in [0.1, 0.15) is 0 Å². The van der Waals surface area contributed by atoms with E-state index in [1.54, 1.807) is 11.1 Å². The third-order valence-corrected chi connectivity index (χ3v) is 14.7. The van der Waals surface area contributed by atoms with E-state index < -0.39 is 0 Å². The summed E-state index contributed by atoms with van der Waals surface area (Å²) in [6.45, 7) is 0. The van der Waals surface area contributed by atoms with Crippen molar-refractivity contribution in [2.75, 3.05) is 4.90 Å². The van der Waals surface area contributed by atoms with Crippen molar-refractivity contribution in [2.24, 2.45) is 23.7 Å². The highest BCUT2D eigenvalue weighted by Gasteiger charge is 2.61. The van der Waals surface area contributed by atoms with Crippen LogP contribution in [0.2, 0.25) is 0 Å². The molecule has 0 saturated heterocycles. The lowest BCUT2D eigenvalue weighted by Gasteiger charge is -2.61. The van der Waals surface area contributed by atoms with Gasteiger partial charge in [-0.3, -0.25) is 0 Å². The summed E-state index contributed by atoms with van der Waals surface area (Å²) in [7, 11) is 0. The van der Waals surface area contributed by atoms with Crippen LogP contribution in [-0.2, 0) is 5.41 Å². The SMILES string of the molecule is c1ccc(-c2ccc(N(c3ccc(-c4ccc(-c5cccc6c5-c5ccccc5C65C6CC7CC(C6)CC5C7)cc4)cc3)c3ccccc3-c3ccccc3)cc2)cc1. The summed E-state index contributed by atoms with van der Waals surface area (Å²) in [5.41, 5.74) is 19.8. The fourth-order valence-electron chi connectivity index (χ4n) is 12.5. The van der Waals surface area contributed by atoms with Gasteiger partial charge in [0.2, 0.25) is 0 Å². The third kappa shape index (κ3) is 5.51. The molecule has 5 aliphatic carbocycles. The number of hydrogen-bond acceptors (Lipinski definition) is 1. The normalized spacial score (nSPS) is 22.0. The fourth-order valence-corrected chi connectivity index (χ4v) is 12.5. The van der Waals surface area contributed by atoms with E-state index in [-0.39, 0.29) is 5.41 Å². The Morgan fingerprint density at radius 1 is 0.322 bits per heavy atom. The second kappa shape index (κ2) is 13.8. The van der Waals surface area contributed by atoms with E-state index in [0.717, 1.165) is 40.7 Å². The quantitative estimate of drug-likeness (QED) is 0.156.